The smallest absolute Gasteiger partial charge is 0.308 e. The molecule has 142 valence electrons. The van der Waals surface area contributed by atoms with E-state index in [4.69, 9.17) is 4.74 Å². The molecule has 3 rings (SSSR count). The third kappa shape index (κ3) is 4.57. The van der Waals surface area contributed by atoms with Gasteiger partial charge in [0.05, 0.1) is 13.0 Å². The second kappa shape index (κ2) is 8.56. The Hall–Kier alpha value is -2.04. The van der Waals surface area contributed by atoms with Gasteiger partial charge in [0.25, 0.3) is 0 Å². The summed E-state index contributed by atoms with van der Waals surface area (Å²) in [5.74, 6) is 0.490. The molecule has 2 saturated carbocycles. The molecule has 1 aromatic rings. The minimum absolute atomic E-state index is 0.0341. The fourth-order valence-electron chi connectivity index (χ4n) is 4.34. The van der Waals surface area contributed by atoms with Crippen LogP contribution >= 0.6 is 0 Å². The van der Waals surface area contributed by atoms with Gasteiger partial charge in [-0.3, -0.25) is 9.59 Å². The lowest BCUT2D eigenvalue weighted by Gasteiger charge is -2.21. The second-order valence-electron chi connectivity index (χ2n) is 7.70. The van der Waals surface area contributed by atoms with E-state index in [0.717, 1.165) is 12.0 Å². The van der Waals surface area contributed by atoms with Crippen molar-refractivity contribution in [3.05, 3.63) is 29.8 Å². The molecule has 5 heteroatoms. The quantitative estimate of drug-likeness (QED) is 0.747. The van der Waals surface area contributed by atoms with Gasteiger partial charge in [-0.25, -0.2) is 0 Å². The predicted molar refractivity (Wildman–Crippen MR) is 99.0 cm³/mol. The summed E-state index contributed by atoms with van der Waals surface area (Å²) in [5, 5.41) is 12.4. The first-order valence-corrected chi connectivity index (χ1v) is 9.72. The van der Waals surface area contributed by atoms with E-state index in [2.05, 4.69) is 5.32 Å². The summed E-state index contributed by atoms with van der Waals surface area (Å²) in [6, 6.07) is 7.43. The molecule has 2 aliphatic rings. The number of carboxylic acid groups (broad SMARTS) is 1. The fraction of sp³-hybridized carbons (Fsp3) is 0.619. The van der Waals surface area contributed by atoms with Gasteiger partial charge in [-0.05, 0) is 36.3 Å². The van der Waals surface area contributed by atoms with Gasteiger partial charge in [-0.15, -0.1) is 0 Å². The van der Waals surface area contributed by atoms with Crippen molar-refractivity contribution in [1.82, 2.24) is 5.32 Å². The number of nitrogens with one attached hydrogen (secondary N) is 1. The van der Waals surface area contributed by atoms with E-state index < -0.39 is 11.9 Å². The molecule has 1 amide bonds. The highest BCUT2D eigenvalue weighted by Crippen LogP contribution is 2.49. The van der Waals surface area contributed by atoms with Crippen LogP contribution in [0.3, 0.4) is 0 Å². The maximum Gasteiger partial charge on any atom is 0.308 e. The Morgan fingerprint density at radius 2 is 1.96 bits per heavy atom. The zero-order chi connectivity index (χ0) is 18.5. The molecule has 0 spiro atoms. The summed E-state index contributed by atoms with van der Waals surface area (Å²) in [4.78, 5) is 24.1. The highest BCUT2D eigenvalue weighted by atomic mass is 16.5. The number of aliphatic carboxylic acids is 1. The lowest BCUT2D eigenvalue weighted by molar-refractivity contribution is -0.141. The van der Waals surface area contributed by atoms with Crippen LogP contribution < -0.4 is 10.1 Å². The first kappa shape index (κ1) is 18.7. The number of ether oxygens (including phenoxy) is 1. The van der Waals surface area contributed by atoms with Crippen molar-refractivity contribution in [2.45, 2.75) is 44.9 Å². The Bertz CT molecular complexity index is 639. The number of methoxy groups -OCH3 is 1. The van der Waals surface area contributed by atoms with Crippen LogP contribution in [0.5, 0.6) is 5.75 Å². The number of rotatable bonds is 8. The number of carboxylic acids is 1. The minimum atomic E-state index is -0.893. The lowest BCUT2D eigenvalue weighted by Crippen LogP contribution is -2.35. The van der Waals surface area contributed by atoms with Gasteiger partial charge < -0.3 is 15.2 Å². The van der Waals surface area contributed by atoms with Crippen LogP contribution in [0.15, 0.2) is 24.3 Å². The monoisotopic (exact) mass is 359 g/mol. The summed E-state index contributed by atoms with van der Waals surface area (Å²) >= 11 is 0. The third-order valence-electron chi connectivity index (χ3n) is 5.96. The molecule has 5 nitrogen and oxygen atoms in total. The summed E-state index contributed by atoms with van der Waals surface area (Å²) in [5.41, 5.74) is 0.850. The Kier molecular flexibility index (Phi) is 6.17. The number of benzene rings is 1. The van der Waals surface area contributed by atoms with Crippen molar-refractivity contribution in [1.29, 1.82) is 0 Å². The minimum Gasteiger partial charge on any atom is -0.496 e. The van der Waals surface area contributed by atoms with E-state index in [1.807, 2.05) is 24.3 Å². The molecule has 0 bridgehead atoms. The standard InChI is InChI=1S/C21H29NO4/c1-26-19-10-6-5-9-15(19)11-16(21(24)25)13-22-20(23)18-12-17(18)14-7-3-2-4-8-14/h5-6,9-10,14,16-18H,2-4,7-8,11-13H2,1H3,(H,22,23)(H,24,25). The Morgan fingerprint density at radius 1 is 1.23 bits per heavy atom. The molecule has 2 fully saturated rings. The fourth-order valence-corrected chi connectivity index (χ4v) is 4.34. The number of hydrogen-bond donors (Lipinski definition) is 2. The molecule has 3 atom stereocenters. The van der Waals surface area contributed by atoms with Gasteiger partial charge in [0.1, 0.15) is 5.75 Å². The van der Waals surface area contributed by atoms with Gasteiger partial charge in [0.15, 0.2) is 0 Å². The summed E-state index contributed by atoms with van der Waals surface area (Å²) in [6.45, 7) is 0.167. The SMILES string of the molecule is COc1ccccc1CC(CNC(=O)C1CC1C1CCCCC1)C(=O)O. The lowest BCUT2D eigenvalue weighted by atomic mass is 9.85. The molecule has 0 heterocycles. The number of para-hydroxylation sites is 1. The van der Waals surface area contributed by atoms with Crippen LogP contribution in [0.4, 0.5) is 0 Å². The molecule has 0 saturated heterocycles. The molecular formula is C21H29NO4. The maximum absolute atomic E-state index is 12.4. The van der Waals surface area contributed by atoms with Crippen molar-refractivity contribution in [3.63, 3.8) is 0 Å². The Labute approximate surface area is 155 Å². The molecule has 0 radical (unpaired) electrons. The Balaban J connectivity index is 1.51. The maximum atomic E-state index is 12.4. The van der Waals surface area contributed by atoms with Crippen LogP contribution in [0.2, 0.25) is 0 Å². The Morgan fingerprint density at radius 3 is 2.65 bits per heavy atom. The van der Waals surface area contributed by atoms with E-state index in [1.54, 1.807) is 7.11 Å². The van der Waals surface area contributed by atoms with Crippen molar-refractivity contribution in [2.24, 2.45) is 23.7 Å². The topological polar surface area (TPSA) is 75.6 Å². The molecule has 1 aromatic carbocycles. The van der Waals surface area contributed by atoms with Gasteiger partial charge in [0, 0.05) is 12.5 Å². The molecule has 3 unspecified atom stereocenters. The van der Waals surface area contributed by atoms with E-state index in [9.17, 15) is 14.7 Å². The molecule has 26 heavy (non-hydrogen) atoms. The largest absolute Gasteiger partial charge is 0.496 e. The van der Waals surface area contributed by atoms with Crippen LogP contribution in [0.1, 0.15) is 44.1 Å². The van der Waals surface area contributed by atoms with Crippen LogP contribution in [0.25, 0.3) is 0 Å². The van der Waals surface area contributed by atoms with Crippen molar-refractivity contribution < 1.29 is 19.4 Å². The summed E-state index contributed by atoms with van der Waals surface area (Å²) in [7, 11) is 1.58. The zero-order valence-electron chi connectivity index (χ0n) is 15.4. The van der Waals surface area contributed by atoms with Gasteiger partial charge in [-0.1, -0.05) is 50.3 Å². The summed E-state index contributed by atoms with van der Waals surface area (Å²) in [6.07, 6.45) is 7.71. The van der Waals surface area contributed by atoms with E-state index in [1.165, 1.54) is 32.1 Å². The molecule has 0 aromatic heterocycles. The average molecular weight is 359 g/mol. The third-order valence-corrected chi connectivity index (χ3v) is 5.96. The van der Waals surface area contributed by atoms with E-state index in [0.29, 0.717) is 24.0 Å². The first-order chi connectivity index (χ1) is 12.6. The van der Waals surface area contributed by atoms with Crippen molar-refractivity contribution in [2.75, 3.05) is 13.7 Å². The number of carbonyl (C=O) groups excluding carboxylic acids is 1. The number of carbonyl (C=O) groups is 2. The van der Waals surface area contributed by atoms with Crippen LogP contribution in [-0.4, -0.2) is 30.6 Å². The van der Waals surface area contributed by atoms with E-state index in [-0.39, 0.29) is 18.4 Å². The molecule has 2 N–H and O–H groups in total. The van der Waals surface area contributed by atoms with Crippen LogP contribution in [0, 0.1) is 23.7 Å². The highest BCUT2D eigenvalue weighted by molar-refractivity contribution is 5.82. The van der Waals surface area contributed by atoms with Crippen molar-refractivity contribution >= 4 is 11.9 Å². The van der Waals surface area contributed by atoms with Crippen LogP contribution in [-0.2, 0) is 16.0 Å². The number of hydrogen-bond acceptors (Lipinski definition) is 3. The highest BCUT2D eigenvalue weighted by Gasteiger charge is 2.47. The van der Waals surface area contributed by atoms with Crippen molar-refractivity contribution in [3.8, 4) is 5.75 Å². The average Bonchev–Trinajstić information content (AvgIpc) is 3.46. The first-order valence-electron chi connectivity index (χ1n) is 9.72. The van der Waals surface area contributed by atoms with Gasteiger partial charge in [-0.2, -0.15) is 0 Å². The van der Waals surface area contributed by atoms with E-state index >= 15 is 0 Å². The molecule has 2 aliphatic carbocycles. The second-order valence-corrected chi connectivity index (χ2v) is 7.70. The van der Waals surface area contributed by atoms with Gasteiger partial charge >= 0.3 is 5.97 Å². The molecule has 0 aliphatic heterocycles. The zero-order valence-corrected chi connectivity index (χ0v) is 15.4. The predicted octanol–water partition coefficient (Wildman–Crippen LogP) is 3.27. The van der Waals surface area contributed by atoms with Gasteiger partial charge in [0.2, 0.25) is 5.91 Å². The number of amides is 1. The molecular weight excluding hydrogens is 330 g/mol. The summed E-state index contributed by atoms with van der Waals surface area (Å²) < 4.78 is 5.30. The normalized spacial score (nSPS) is 23.9.